The van der Waals surface area contributed by atoms with Gasteiger partial charge >= 0.3 is 0 Å². The molecule has 174 valence electrons. The molecule has 2 heterocycles. The van der Waals surface area contributed by atoms with Crippen LogP contribution in [0.4, 0.5) is 5.69 Å². The lowest BCUT2D eigenvalue weighted by Gasteiger charge is -2.30. The van der Waals surface area contributed by atoms with Crippen molar-refractivity contribution in [2.24, 2.45) is 0 Å². The number of fused-ring (bicyclic) bond motifs is 1. The molecule has 3 aromatic rings. The zero-order valence-corrected chi connectivity index (χ0v) is 19.6. The molecule has 9 nitrogen and oxygen atoms in total. The highest BCUT2D eigenvalue weighted by molar-refractivity contribution is 7.89. The predicted octanol–water partition coefficient (Wildman–Crippen LogP) is 3.16. The molecule has 1 aliphatic heterocycles. The van der Waals surface area contributed by atoms with Crippen LogP contribution in [0, 0.1) is 0 Å². The number of nitrogens with zero attached hydrogens (tertiary/aromatic N) is 4. The maximum absolute atomic E-state index is 13.6. The summed E-state index contributed by atoms with van der Waals surface area (Å²) in [4.78, 5) is 18.4. The molecule has 0 unspecified atom stereocenters. The van der Waals surface area contributed by atoms with E-state index in [0.717, 1.165) is 5.56 Å². The normalized spacial score (nSPS) is 14.0. The summed E-state index contributed by atoms with van der Waals surface area (Å²) in [6.07, 6.45) is 0.579. The van der Waals surface area contributed by atoms with Crippen molar-refractivity contribution in [3.63, 3.8) is 0 Å². The van der Waals surface area contributed by atoms with Gasteiger partial charge in [0, 0.05) is 19.0 Å². The van der Waals surface area contributed by atoms with Gasteiger partial charge in [0.2, 0.25) is 15.9 Å². The van der Waals surface area contributed by atoms with Gasteiger partial charge < -0.3 is 9.26 Å². The van der Waals surface area contributed by atoms with Crippen LogP contribution >= 0.6 is 0 Å². The number of hydrogen-bond acceptors (Lipinski definition) is 7. The molecule has 0 aliphatic carbocycles. The summed E-state index contributed by atoms with van der Waals surface area (Å²) in [5, 5.41) is 3.91. The molecule has 0 saturated carbocycles. The van der Waals surface area contributed by atoms with Gasteiger partial charge in [0.05, 0.1) is 17.1 Å². The van der Waals surface area contributed by atoms with Crippen molar-refractivity contribution in [1.82, 2.24) is 14.4 Å². The molecule has 0 fully saturated rings. The summed E-state index contributed by atoms with van der Waals surface area (Å²) >= 11 is 0. The Morgan fingerprint density at radius 1 is 1.15 bits per heavy atom. The lowest BCUT2D eigenvalue weighted by molar-refractivity contribution is -0.121. The summed E-state index contributed by atoms with van der Waals surface area (Å²) in [6, 6.07) is 13.7. The van der Waals surface area contributed by atoms with Gasteiger partial charge in [-0.3, -0.25) is 9.69 Å². The van der Waals surface area contributed by atoms with Crippen molar-refractivity contribution in [2.45, 2.75) is 51.2 Å². The summed E-state index contributed by atoms with van der Waals surface area (Å²) in [5.74, 6) is 0.918. The lowest BCUT2D eigenvalue weighted by atomic mass is 10.2. The summed E-state index contributed by atoms with van der Waals surface area (Å²) < 4.78 is 39.3. The van der Waals surface area contributed by atoms with Gasteiger partial charge in [-0.05, 0) is 37.6 Å². The van der Waals surface area contributed by atoms with E-state index in [0.29, 0.717) is 29.6 Å². The van der Waals surface area contributed by atoms with E-state index in [1.165, 1.54) is 21.3 Å². The molecule has 0 bridgehead atoms. The Balaban J connectivity index is 1.68. The van der Waals surface area contributed by atoms with Crippen LogP contribution in [0.1, 0.15) is 38.0 Å². The molecule has 4 rings (SSSR count). The van der Waals surface area contributed by atoms with Crippen LogP contribution in [0.5, 0.6) is 5.75 Å². The van der Waals surface area contributed by atoms with Gasteiger partial charge in [0.15, 0.2) is 12.4 Å². The highest BCUT2D eigenvalue weighted by Crippen LogP contribution is 2.36. The van der Waals surface area contributed by atoms with Gasteiger partial charge in [0.25, 0.3) is 5.91 Å². The topological polar surface area (TPSA) is 106 Å². The van der Waals surface area contributed by atoms with Crippen molar-refractivity contribution >= 4 is 21.6 Å². The minimum Gasteiger partial charge on any atom is -0.482 e. The van der Waals surface area contributed by atoms with Gasteiger partial charge in [-0.15, -0.1) is 0 Å². The quantitative estimate of drug-likeness (QED) is 0.498. The van der Waals surface area contributed by atoms with E-state index in [9.17, 15) is 13.2 Å². The van der Waals surface area contributed by atoms with E-state index >= 15 is 0 Å². The molecule has 33 heavy (non-hydrogen) atoms. The molecule has 1 aromatic heterocycles. The third kappa shape index (κ3) is 4.76. The number of aromatic nitrogens is 2. The fraction of sp³-hybridized carbons (Fsp3) is 0.348. The third-order valence-corrected chi connectivity index (χ3v) is 7.37. The van der Waals surface area contributed by atoms with Crippen LogP contribution < -0.4 is 9.64 Å². The molecule has 0 spiro atoms. The third-order valence-electron chi connectivity index (χ3n) is 5.35. The van der Waals surface area contributed by atoms with Crippen molar-refractivity contribution in [1.29, 1.82) is 0 Å². The van der Waals surface area contributed by atoms with Crippen molar-refractivity contribution < 1.29 is 22.5 Å². The first-order valence-corrected chi connectivity index (χ1v) is 12.2. The summed E-state index contributed by atoms with van der Waals surface area (Å²) in [7, 11) is -3.86. The Morgan fingerprint density at radius 3 is 2.58 bits per heavy atom. The number of aryl methyl sites for hydroxylation is 1. The second kappa shape index (κ2) is 9.32. The molecule has 0 atom stereocenters. The fourth-order valence-electron chi connectivity index (χ4n) is 3.60. The number of hydrogen-bond donors (Lipinski definition) is 0. The minimum absolute atomic E-state index is 0.0557. The number of rotatable bonds is 8. The number of ether oxygens (including phenoxy) is 1. The predicted molar refractivity (Wildman–Crippen MR) is 121 cm³/mol. The van der Waals surface area contributed by atoms with E-state index in [2.05, 4.69) is 10.1 Å². The number of carbonyl (C=O) groups excluding carboxylic acids is 1. The van der Waals surface area contributed by atoms with E-state index in [1.54, 1.807) is 6.07 Å². The molecular weight excluding hydrogens is 444 g/mol. The van der Waals surface area contributed by atoms with Crippen LogP contribution in [-0.4, -0.2) is 41.4 Å². The first-order chi connectivity index (χ1) is 15.8. The van der Waals surface area contributed by atoms with Crippen LogP contribution in [0.15, 0.2) is 57.9 Å². The Kier molecular flexibility index (Phi) is 6.48. The molecule has 2 aromatic carbocycles. The largest absolute Gasteiger partial charge is 0.482 e. The Hall–Kier alpha value is -3.24. The number of benzene rings is 2. The zero-order valence-electron chi connectivity index (χ0n) is 18.8. The van der Waals surface area contributed by atoms with Gasteiger partial charge in [0.1, 0.15) is 5.75 Å². The lowest BCUT2D eigenvalue weighted by Crippen LogP contribution is -2.39. The van der Waals surface area contributed by atoms with E-state index in [1.807, 2.05) is 51.1 Å². The first kappa shape index (κ1) is 22.9. The smallest absolute Gasteiger partial charge is 0.265 e. The average molecular weight is 471 g/mol. The Morgan fingerprint density at radius 2 is 1.91 bits per heavy atom. The van der Waals surface area contributed by atoms with E-state index in [4.69, 9.17) is 9.26 Å². The van der Waals surface area contributed by atoms with E-state index < -0.39 is 10.0 Å². The molecule has 0 saturated heterocycles. The average Bonchev–Trinajstić information content (AvgIpc) is 3.27. The van der Waals surface area contributed by atoms with Crippen LogP contribution in [0.3, 0.4) is 0 Å². The molecule has 0 radical (unpaired) electrons. The number of anilines is 1. The standard InChI is InChI=1S/C23H26N4O5S/c1-4-22-24-21(25-32-22)14-26-19-12-18(10-11-20(19)31-15-23(26)28)33(29,30)27(16(2)3)13-17-8-6-5-7-9-17/h5-12,16H,4,13-15H2,1-3H3. The van der Waals surface area contributed by atoms with Crippen molar-refractivity contribution in [2.75, 3.05) is 11.5 Å². The summed E-state index contributed by atoms with van der Waals surface area (Å²) in [5.41, 5.74) is 1.25. The fourth-order valence-corrected chi connectivity index (χ4v) is 5.24. The Labute approximate surface area is 193 Å². The number of amides is 1. The van der Waals surface area contributed by atoms with Gasteiger partial charge in [-0.1, -0.05) is 42.4 Å². The highest BCUT2D eigenvalue weighted by atomic mass is 32.2. The SMILES string of the molecule is CCc1nc(CN2C(=O)COc3ccc(S(=O)(=O)N(Cc4ccccc4)C(C)C)cc32)no1. The number of sulfonamides is 1. The van der Waals surface area contributed by atoms with Crippen LogP contribution in [-0.2, 0) is 34.3 Å². The maximum atomic E-state index is 13.6. The van der Waals surface area contributed by atoms with E-state index in [-0.39, 0.29) is 36.5 Å². The zero-order chi connectivity index (χ0) is 23.6. The minimum atomic E-state index is -3.86. The Bertz CT molecular complexity index is 1240. The van der Waals surface area contributed by atoms with Crippen molar-refractivity contribution in [3.8, 4) is 5.75 Å². The first-order valence-electron chi connectivity index (χ1n) is 10.7. The van der Waals surface area contributed by atoms with Crippen LogP contribution in [0.2, 0.25) is 0 Å². The van der Waals surface area contributed by atoms with Gasteiger partial charge in [-0.25, -0.2) is 8.42 Å². The monoisotopic (exact) mass is 470 g/mol. The second-order valence-electron chi connectivity index (χ2n) is 7.99. The highest BCUT2D eigenvalue weighted by Gasteiger charge is 2.32. The van der Waals surface area contributed by atoms with Gasteiger partial charge in [-0.2, -0.15) is 9.29 Å². The maximum Gasteiger partial charge on any atom is 0.265 e. The molecule has 1 aliphatic rings. The molecule has 1 amide bonds. The second-order valence-corrected chi connectivity index (χ2v) is 9.88. The number of carbonyl (C=O) groups is 1. The summed E-state index contributed by atoms with van der Waals surface area (Å²) in [6.45, 7) is 5.70. The molecular formula is C23H26N4O5S. The molecule has 0 N–H and O–H groups in total. The molecule has 10 heteroatoms. The van der Waals surface area contributed by atoms with Crippen LogP contribution in [0.25, 0.3) is 0 Å². The van der Waals surface area contributed by atoms with Crippen molar-refractivity contribution in [3.05, 3.63) is 65.8 Å².